The molecule has 0 spiro atoms. The Hall–Kier alpha value is -2.08. The van der Waals surface area contributed by atoms with Gasteiger partial charge in [-0.25, -0.2) is 0 Å². The van der Waals surface area contributed by atoms with Crippen molar-refractivity contribution in [3.63, 3.8) is 0 Å². The minimum atomic E-state index is -1.04. The molecule has 0 atom stereocenters. The molecular weight excluding hydrogens is 286 g/mol. The molecule has 1 N–H and O–H groups in total. The molecule has 0 saturated carbocycles. The number of amides is 1. The molecule has 0 heterocycles. The Morgan fingerprint density at radius 1 is 1.27 bits per heavy atom. The number of rotatable bonds is 10. The third-order valence-corrected chi connectivity index (χ3v) is 2.97. The summed E-state index contributed by atoms with van der Waals surface area (Å²) in [6.07, 6.45) is 1.05. The molecule has 6 heteroatoms. The summed E-state index contributed by atoms with van der Waals surface area (Å²) in [5.74, 6) is -0.564. The van der Waals surface area contributed by atoms with Crippen LogP contribution in [-0.2, 0) is 20.7 Å². The predicted octanol–water partition coefficient (Wildman–Crippen LogP) is 1.58. The zero-order valence-corrected chi connectivity index (χ0v) is 13.1. The molecular formula is C16H23NO5. The lowest BCUT2D eigenvalue weighted by atomic mass is 10.1. The second-order valence-corrected chi connectivity index (χ2v) is 4.87. The topological polar surface area (TPSA) is 76.1 Å². The molecule has 1 aromatic carbocycles. The van der Waals surface area contributed by atoms with Gasteiger partial charge >= 0.3 is 5.97 Å². The number of hydrogen-bond donors (Lipinski definition) is 1. The smallest absolute Gasteiger partial charge is 0.323 e. The Morgan fingerprint density at radius 2 is 2.05 bits per heavy atom. The SMILES string of the molecule is CCCOc1cccc(CC(=O)N(CCOC)CC(=O)O)c1. The van der Waals surface area contributed by atoms with Crippen LogP contribution in [0.1, 0.15) is 18.9 Å². The molecule has 6 nitrogen and oxygen atoms in total. The summed E-state index contributed by atoms with van der Waals surface area (Å²) >= 11 is 0. The van der Waals surface area contributed by atoms with Crippen molar-refractivity contribution < 1.29 is 24.2 Å². The first-order valence-corrected chi connectivity index (χ1v) is 7.27. The highest BCUT2D eigenvalue weighted by atomic mass is 16.5. The molecule has 1 aromatic rings. The molecule has 0 aliphatic rings. The Balaban J connectivity index is 2.68. The Kier molecular flexibility index (Phi) is 7.99. The molecule has 0 fully saturated rings. The number of carboxylic acid groups (broad SMARTS) is 1. The lowest BCUT2D eigenvalue weighted by molar-refractivity contribution is -0.144. The van der Waals surface area contributed by atoms with Gasteiger partial charge in [-0.3, -0.25) is 9.59 Å². The van der Waals surface area contributed by atoms with Gasteiger partial charge in [-0.15, -0.1) is 0 Å². The number of nitrogens with zero attached hydrogens (tertiary/aromatic N) is 1. The van der Waals surface area contributed by atoms with E-state index in [9.17, 15) is 9.59 Å². The minimum absolute atomic E-state index is 0.139. The van der Waals surface area contributed by atoms with Crippen LogP contribution < -0.4 is 4.74 Å². The predicted molar refractivity (Wildman–Crippen MR) is 82.0 cm³/mol. The van der Waals surface area contributed by atoms with E-state index >= 15 is 0 Å². The van der Waals surface area contributed by atoms with E-state index in [-0.39, 0.29) is 25.4 Å². The van der Waals surface area contributed by atoms with E-state index in [1.807, 2.05) is 31.2 Å². The van der Waals surface area contributed by atoms with Crippen LogP contribution in [0.2, 0.25) is 0 Å². The van der Waals surface area contributed by atoms with Crippen molar-refractivity contribution >= 4 is 11.9 Å². The molecule has 0 bridgehead atoms. The Labute approximate surface area is 130 Å². The van der Waals surface area contributed by atoms with Crippen molar-refractivity contribution in [1.29, 1.82) is 0 Å². The number of hydrogen-bond acceptors (Lipinski definition) is 4. The molecule has 0 unspecified atom stereocenters. The molecule has 22 heavy (non-hydrogen) atoms. The van der Waals surface area contributed by atoms with Crippen LogP contribution in [0, 0.1) is 0 Å². The fourth-order valence-electron chi connectivity index (χ4n) is 1.91. The maximum atomic E-state index is 12.2. The van der Waals surface area contributed by atoms with Crippen molar-refractivity contribution in [2.75, 3.05) is 33.4 Å². The quantitative estimate of drug-likeness (QED) is 0.710. The zero-order chi connectivity index (χ0) is 16.4. The zero-order valence-electron chi connectivity index (χ0n) is 13.1. The molecule has 0 saturated heterocycles. The van der Waals surface area contributed by atoms with E-state index in [2.05, 4.69) is 0 Å². The lowest BCUT2D eigenvalue weighted by Gasteiger charge is -2.20. The fraction of sp³-hybridized carbons (Fsp3) is 0.500. The van der Waals surface area contributed by atoms with Gasteiger partial charge in [0, 0.05) is 13.7 Å². The number of methoxy groups -OCH3 is 1. The van der Waals surface area contributed by atoms with E-state index in [1.165, 1.54) is 12.0 Å². The summed E-state index contributed by atoms with van der Waals surface area (Å²) in [5, 5.41) is 8.88. The van der Waals surface area contributed by atoms with Gasteiger partial charge in [0.05, 0.1) is 19.6 Å². The van der Waals surface area contributed by atoms with Gasteiger partial charge in [0.2, 0.25) is 5.91 Å². The molecule has 1 amide bonds. The standard InChI is InChI=1S/C16H23NO5/c1-3-8-22-14-6-4-5-13(10-14)11-15(18)17(7-9-21-2)12-16(19)20/h4-6,10H,3,7-9,11-12H2,1-2H3,(H,19,20). The largest absolute Gasteiger partial charge is 0.494 e. The fourth-order valence-corrected chi connectivity index (χ4v) is 1.91. The highest BCUT2D eigenvalue weighted by Crippen LogP contribution is 2.14. The van der Waals surface area contributed by atoms with Gasteiger partial charge in [-0.05, 0) is 24.1 Å². The van der Waals surface area contributed by atoms with Crippen LogP contribution in [0.25, 0.3) is 0 Å². The van der Waals surface area contributed by atoms with E-state index in [0.29, 0.717) is 19.0 Å². The van der Waals surface area contributed by atoms with Crippen LogP contribution in [0.15, 0.2) is 24.3 Å². The van der Waals surface area contributed by atoms with Crippen molar-refractivity contribution in [3.8, 4) is 5.75 Å². The van der Waals surface area contributed by atoms with E-state index in [1.54, 1.807) is 0 Å². The highest BCUT2D eigenvalue weighted by Gasteiger charge is 2.17. The molecule has 1 rings (SSSR count). The Bertz CT molecular complexity index is 489. The summed E-state index contributed by atoms with van der Waals surface area (Å²) in [6.45, 7) is 2.88. The van der Waals surface area contributed by atoms with E-state index < -0.39 is 5.97 Å². The maximum absolute atomic E-state index is 12.2. The summed E-state index contributed by atoms with van der Waals surface area (Å²) in [4.78, 5) is 24.4. The van der Waals surface area contributed by atoms with Crippen LogP contribution in [-0.4, -0.2) is 55.3 Å². The number of aliphatic carboxylic acids is 1. The highest BCUT2D eigenvalue weighted by molar-refractivity contribution is 5.83. The number of ether oxygens (including phenoxy) is 2. The minimum Gasteiger partial charge on any atom is -0.494 e. The summed E-state index contributed by atoms with van der Waals surface area (Å²) in [7, 11) is 1.51. The molecule has 0 aromatic heterocycles. The average molecular weight is 309 g/mol. The van der Waals surface area contributed by atoms with E-state index in [0.717, 1.165) is 12.0 Å². The van der Waals surface area contributed by atoms with Gasteiger partial charge in [-0.1, -0.05) is 19.1 Å². The van der Waals surface area contributed by atoms with Crippen LogP contribution in [0.5, 0.6) is 5.75 Å². The molecule has 0 radical (unpaired) electrons. The normalized spacial score (nSPS) is 10.3. The van der Waals surface area contributed by atoms with Gasteiger partial charge < -0.3 is 19.5 Å². The second-order valence-electron chi connectivity index (χ2n) is 4.87. The first-order valence-electron chi connectivity index (χ1n) is 7.27. The third-order valence-electron chi connectivity index (χ3n) is 2.97. The van der Waals surface area contributed by atoms with Gasteiger partial charge in [-0.2, -0.15) is 0 Å². The van der Waals surface area contributed by atoms with Gasteiger partial charge in [0.1, 0.15) is 12.3 Å². The third kappa shape index (κ3) is 6.58. The number of benzene rings is 1. The number of carbonyl (C=O) groups is 2. The van der Waals surface area contributed by atoms with Crippen molar-refractivity contribution in [2.24, 2.45) is 0 Å². The average Bonchev–Trinajstić information content (AvgIpc) is 2.49. The summed E-state index contributed by atoms with van der Waals surface area (Å²) in [6, 6.07) is 7.29. The van der Waals surface area contributed by atoms with Crippen LogP contribution in [0.3, 0.4) is 0 Å². The molecule has 122 valence electrons. The maximum Gasteiger partial charge on any atom is 0.323 e. The van der Waals surface area contributed by atoms with Gasteiger partial charge in [0.15, 0.2) is 0 Å². The van der Waals surface area contributed by atoms with Crippen LogP contribution in [0.4, 0.5) is 0 Å². The number of carboxylic acids is 1. The van der Waals surface area contributed by atoms with Crippen molar-refractivity contribution in [1.82, 2.24) is 4.90 Å². The van der Waals surface area contributed by atoms with Gasteiger partial charge in [0.25, 0.3) is 0 Å². The van der Waals surface area contributed by atoms with Crippen molar-refractivity contribution in [3.05, 3.63) is 29.8 Å². The first kappa shape index (κ1) is 18.0. The van der Waals surface area contributed by atoms with Crippen molar-refractivity contribution in [2.45, 2.75) is 19.8 Å². The molecule has 0 aliphatic carbocycles. The van der Waals surface area contributed by atoms with Crippen LogP contribution >= 0.6 is 0 Å². The lowest BCUT2D eigenvalue weighted by Crippen LogP contribution is -2.38. The first-order chi connectivity index (χ1) is 10.6. The molecule has 0 aliphatic heterocycles. The monoisotopic (exact) mass is 309 g/mol. The number of carbonyl (C=O) groups excluding carboxylic acids is 1. The summed E-state index contributed by atoms with van der Waals surface area (Å²) < 4.78 is 10.4. The summed E-state index contributed by atoms with van der Waals surface area (Å²) in [5.41, 5.74) is 0.798. The second kappa shape index (κ2) is 9.78. The van der Waals surface area contributed by atoms with E-state index in [4.69, 9.17) is 14.6 Å². The Morgan fingerprint density at radius 3 is 2.68 bits per heavy atom.